The molecule has 56 heavy (non-hydrogen) atoms. The molecule has 0 aromatic heterocycles. The molecule has 292 valence electrons. The van der Waals surface area contributed by atoms with Crippen LogP contribution in [0, 0.1) is 17.7 Å². The fraction of sp³-hybridized carbons (Fsp3) is 0.444. The van der Waals surface area contributed by atoms with Crippen molar-refractivity contribution in [2.75, 3.05) is 57.3 Å². The summed E-state index contributed by atoms with van der Waals surface area (Å²) in [5.74, 6) is 0.826. The average Bonchev–Trinajstić information content (AvgIpc) is 3.52. The fourth-order valence-electron chi connectivity index (χ4n) is 10.1. The molecule has 3 amide bonds. The second-order valence-electron chi connectivity index (χ2n) is 16.5. The lowest BCUT2D eigenvalue weighted by Crippen LogP contribution is -2.52. The number of carbonyl (C=O) groups excluding carboxylic acids is 3. The molecule has 6 aliphatic rings. The number of hydrogen-bond donors (Lipinski definition) is 2. The Morgan fingerprint density at radius 1 is 0.893 bits per heavy atom. The van der Waals surface area contributed by atoms with E-state index in [1.54, 1.807) is 18.2 Å². The summed E-state index contributed by atoms with van der Waals surface area (Å²) in [5.41, 5.74) is 6.81. The molecule has 5 heterocycles. The molecule has 3 saturated heterocycles. The third-order valence-corrected chi connectivity index (χ3v) is 13.1. The van der Waals surface area contributed by atoms with Gasteiger partial charge in [0.05, 0.1) is 12.3 Å². The van der Waals surface area contributed by atoms with Gasteiger partial charge in [0.15, 0.2) is 0 Å². The van der Waals surface area contributed by atoms with Crippen LogP contribution in [0.5, 0.6) is 11.5 Å². The normalized spacial score (nSPS) is 26.0. The van der Waals surface area contributed by atoms with E-state index in [9.17, 15) is 19.5 Å². The van der Waals surface area contributed by atoms with Crippen molar-refractivity contribution in [2.24, 2.45) is 11.8 Å². The number of rotatable bonds is 7. The lowest BCUT2D eigenvalue weighted by atomic mass is 9.70. The third-order valence-electron chi connectivity index (χ3n) is 13.1. The van der Waals surface area contributed by atoms with Gasteiger partial charge in [-0.2, -0.15) is 0 Å². The zero-order valence-electron chi connectivity index (χ0n) is 32.0. The number of anilines is 1. The number of likely N-dealkylation sites (tertiary alicyclic amines) is 1. The monoisotopic (exact) mass is 759 g/mol. The smallest absolute Gasteiger partial charge is 0.255 e. The molecule has 3 aromatic rings. The van der Waals surface area contributed by atoms with Crippen molar-refractivity contribution in [2.45, 2.75) is 63.5 Å². The number of ether oxygens (including phenoxy) is 1. The quantitative estimate of drug-likeness (QED) is 0.286. The van der Waals surface area contributed by atoms with Gasteiger partial charge < -0.3 is 24.5 Å². The van der Waals surface area contributed by atoms with Gasteiger partial charge in [0, 0.05) is 93.5 Å². The summed E-state index contributed by atoms with van der Waals surface area (Å²) >= 11 is 0. The molecule has 5 aliphatic heterocycles. The van der Waals surface area contributed by atoms with Gasteiger partial charge in [-0.15, -0.1) is 0 Å². The molecular weight excluding hydrogens is 710 g/mol. The maximum absolute atomic E-state index is 15.5. The number of nitrogens with one attached hydrogen (secondary N) is 1. The molecular formula is C45H50FN5O5. The molecule has 2 N–H and O–H groups in total. The third kappa shape index (κ3) is 6.95. The Balaban J connectivity index is 0.799. The molecule has 0 saturated carbocycles. The number of hydrogen-bond acceptors (Lipinski definition) is 8. The number of piperidine rings is 2. The Bertz CT molecular complexity index is 2090. The highest BCUT2D eigenvalue weighted by molar-refractivity contribution is 6.05. The lowest BCUT2D eigenvalue weighted by Gasteiger charge is -2.42. The SMILES string of the molecule is CC1CC(N2CCC(CN3CCN(c4cc5c(cc4F)C(=O)N([C@@H]4CCC(=O)NC4=O)C5)CC3)CC2)=CC=C1[C@@H]1c2ccc(O)cc2OC[C@@H]1c1ccccc1. The van der Waals surface area contributed by atoms with E-state index in [4.69, 9.17) is 4.74 Å². The van der Waals surface area contributed by atoms with E-state index in [-0.39, 0.29) is 48.8 Å². The maximum atomic E-state index is 15.5. The van der Waals surface area contributed by atoms with Gasteiger partial charge in [-0.05, 0) is 72.9 Å². The molecule has 11 heteroatoms. The highest BCUT2D eigenvalue weighted by atomic mass is 19.1. The van der Waals surface area contributed by atoms with Gasteiger partial charge in [-0.1, -0.05) is 55.0 Å². The first-order chi connectivity index (χ1) is 27.2. The van der Waals surface area contributed by atoms with Crippen LogP contribution in [-0.4, -0.2) is 96.0 Å². The van der Waals surface area contributed by atoms with Crippen LogP contribution >= 0.6 is 0 Å². The van der Waals surface area contributed by atoms with E-state index in [1.165, 1.54) is 27.8 Å². The summed E-state index contributed by atoms with van der Waals surface area (Å²) in [6.45, 7) is 9.45. The lowest BCUT2D eigenvalue weighted by molar-refractivity contribution is -0.136. The van der Waals surface area contributed by atoms with Crippen LogP contribution in [0.2, 0.25) is 0 Å². The minimum atomic E-state index is -0.714. The van der Waals surface area contributed by atoms with Crippen LogP contribution < -0.4 is 15.0 Å². The summed E-state index contributed by atoms with van der Waals surface area (Å²) in [6.07, 6.45) is 8.49. The number of piperazine rings is 1. The zero-order valence-corrected chi connectivity index (χ0v) is 32.0. The van der Waals surface area contributed by atoms with E-state index in [0.29, 0.717) is 42.8 Å². The first-order valence-electron chi connectivity index (χ1n) is 20.3. The highest BCUT2D eigenvalue weighted by Gasteiger charge is 2.41. The van der Waals surface area contributed by atoms with Crippen LogP contribution in [-0.2, 0) is 16.1 Å². The average molecular weight is 760 g/mol. The molecule has 10 nitrogen and oxygen atoms in total. The predicted octanol–water partition coefficient (Wildman–Crippen LogP) is 5.94. The van der Waals surface area contributed by atoms with E-state index < -0.39 is 17.8 Å². The van der Waals surface area contributed by atoms with Crippen LogP contribution in [0.3, 0.4) is 0 Å². The van der Waals surface area contributed by atoms with Crippen LogP contribution in [0.4, 0.5) is 10.1 Å². The van der Waals surface area contributed by atoms with Crippen molar-refractivity contribution in [3.8, 4) is 11.5 Å². The standard InChI is InChI=1S/C45H50FN5O5/c1-28-21-32(7-9-34(28)43-35-10-8-33(52)23-41(35)56-27-37(43)30-5-3-2-4-6-30)49-15-13-29(14-16-49)25-48-17-19-50(20-18-48)40-22-31-26-51(45(55)36(31)24-38(40)46)39-11-12-42(53)47-44(39)54/h2-10,22-24,28-29,37,39,43,52H,11-21,25-27H2,1H3,(H,47,53,54)/t28?,37-,39-,43-/m1/s1. The number of amides is 3. The molecule has 4 atom stereocenters. The number of fused-ring (bicyclic) bond motifs is 2. The van der Waals surface area contributed by atoms with Crippen LogP contribution in [0.1, 0.15) is 77.9 Å². The molecule has 1 aliphatic carbocycles. The maximum Gasteiger partial charge on any atom is 0.255 e. The first-order valence-corrected chi connectivity index (χ1v) is 20.3. The number of benzene rings is 3. The predicted molar refractivity (Wildman–Crippen MR) is 211 cm³/mol. The van der Waals surface area contributed by atoms with E-state index in [0.717, 1.165) is 68.9 Å². The summed E-state index contributed by atoms with van der Waals surface area (Å²) < 4.78 is 21.7. The number of nitrogens with zero attached hydrogens (tertiary/aromatic N) is 4. The Morgan fingerprint density at radius 2 is 1.68 bits per heavy atom. The second-order valence-corrected chi connectivity index (χ2v) is 16.5. The number of phenols is 1. The topological polar surface area (TPSA) is 106 Å². The van der Waals surface area contributed by atoms with Crippen molar-refractivity contribution in [3.63, 3.8) is 0 Å². The number of aromatic hydroxyl groups is 1. The molecule has 0 spiro atoms. The second kappa shape index (κ2) is 15.1. The minimum Gasteiger partial charge on any atom is -0.508 e. The highest BCUT2D eigenvalue weighted by Crippen LogP contribution is 2.50. The van der Waals surface area contributed by atoms with Gasteiger partial charge in [-0.3, -0.25) is 24.6 Å². The van der Waals surface area contributed by atoms with E-state index in [2.05, 4.69) is 69.4 Å². The minimum absolute atomic E-state index is 0.180. The van der Waals surface area contributed by atoms with Gasteiger partial charge in [-0.25, -0.2) is 4.39 Å². The number of imide groups is 1. The van der Waals surface area contributed by atoms with Gasteiger partial charge in [0.1, 0.15) is 23.4 Å². The number of allylic oxidation sites excluding steroid dienone is 4. The number of carbonyl (C=O) groups is 3. The van der Waals surface area contributed by atoms with Crippen molar-refractivity contribution >= 4 is 23.4 Å². The summed E-state index contributed by atoms with van der Waals surface area (Å²) in [6, 6.07) is 18.6. The van der Waals surface area contributed by atoms with Crippen molar-refractivity contribution in [1.29, 1.82) is 0 Å². The van der Waals surface area contributed by atoms with Gasteiger partial charge >= 0.3 is 0 Å². The zero-order chi connectivity index (χ0) is 38.5. The van der Waals surface area contributed by atoms with Gasteiger partial charge in [0.2, 0.25) is 11.8 Å². The molecule has 0 bridgehead atoms. The largest absolute Gasteiger partial charge is 0.508 e. The molecule has 3 aromatic carbocycles. The van der Waals surface area contributed by atoms with E-state index in [1.807, 2.05) is 6.07 Å². The fourth-order valence-corrected chi connectivity index (χ4v) is 10.1. The molecule has 1 unspecified atom stereocenters. The summed E-state index contributed by atoms with van der Waals surface area (Å²) in [5, 5.41) is 12.5. The van der Waals surface area contributed by atoms with Crippen LogP contribution in [0.25, 0.3) is 0 Å². The molecule has 9 rings (SSSR count). The van der Waals surface area contributed by atoms with Crippen molar-refractivity contribution < 1.29 is 28.6 Å². The summed E-state index contributed by atoms with van der Waals surface area (Å²) in [7, 11) is 0. The Morgan fingerprint density at radius 3 is 2.43 bits per heavy atom. The van der Waals surface area contributed by atoms with Crippen molar-refractivity contribution in [1.82, 2.24) is 20.0 Å². The molecule has 0 radical (unpaired) electrons. The Hall–Kier alpha value is -5.16. The molecule has 3 fully saturated rings. The Labute approximate surface area is 327 Å². The van der Waals surface area contributed by atoms with E-state index >= 15 is 4.39 Å². The first kappa shape index (κ1) is 36.5. The summed E-state index contributed by atoms with van der Waals surface area (Å²) in [4.78, 5) is 45.9. The number of phenolic OH excluding ortho intramolecular Hbond substituents is 1. The number of halogens is 1. The van der Waals surface area contributed by atoms with Gasteiger partial charge in [0.25, 0.3) is 5.91 Å². The van der Waals surface area contributed by atoms with Crippen LogP contribution in [0.15, 0.2) is 84.1 Å². The van der Waals surface area contributed by atoms with Crippen molar-refractivity contribution in [3.05, 3.63) is 112 Å². The Kier molecular flexibility index (Phi) is 9.81.